The van der Waals surface area contributed by atoms with Gasteiger partial charge in [-0.25, -0.2) is 4.98 Å². The van der Waals surface area contributed by atoms with E-state index in [2.05, 4.69) is 94.5 Å². The van der Waals surface area contributed by atoms with Crippen LogP contribution in [0.25, 0.3) is 70.2 Å². The Kier molecular flexibility index (Phi) is 4.66. The molecule has 0 saturated heterocycles. The summed E-state index contributed by atoms with van der Waals surface area (Å²) in [7, 11) is 0. The standard InChI is InChI=1S/C33H20N4S/c1-2-7-21(8-3-1)24-15-29-33(36-20-24)27-16-26-25-10-4-5-11-30(25)38-31(26)17-28(27)37(29)32-13-12-23(19-35-32)22-9-6-14-34-18-22/h1-20H. The van der Waals surface area contributed by atoms with E-state index in [0.29, 0.717) is 0 Å². The summed E-state index contributed by atoms with van der Waals surface area (Å²) in [5.74, 6) is 0.866. The van der Waals surface area contributed by atoms with Crippen LogP contribution in [0.3, 0.4) is 0 Å². The van der Waals surface area contributed by atoms with Crippen molar-refractivity contribution in [2.45, 2.75) is 0 Å². The van der Waals surface area contributed by atoms with Crippen LogP contribution in [0.1, 0.15) is 0 Å². The number of hydrogen-bond donors (Lipinski definition) is 0. The summed E-state index contributed by atoms with van der Waals surface area (Å²) >= 11 is 1.83. The molecular weight excluding hydrogens is 484 g/mol. The van der Waals surface area contributed by atoms with Gasteiger partial charge in [0.25, 0.3) is 0 Å². The first-order valence-corrected chi connectivity index (χ1v) is 13.3. The molecule has 38 heavy (non-hydrogen) atoms. The molecule has 0 aliphatic heterocycles. The maximum absolute atomic E-state index is 5.01. The maximum Gasteiger partial charge on any atom is 0.137 e. The number of aromatic nitrogens is 4. The smallest absolute Gasteiger partial charge is 0.137 e. The fourth-order valence-corrected chi connectivity index (χ4v) is 6.47. The Balaban J connectivity index is 1.42. The molecule has 5 heteroatoms. The third kappa shape index (κ3) is 3.26. The number of thiophene rings is 1. The van der Waals surface area contributed by atoms with Gasteiger partial charge in [-0.05, 0) is 48.0 Å². The lowest BCUT2D eigenvalue weighted by atomic mass is 10.1. The van der Waals surface area contributed by atoms with Gasteiger partial charge in [-0.15, -0.1) is 11.3 Å². The highest BCUT2D eigenvalue weighted by molar-refractivity contribution is 7.25. The van der Waals surface area contributed by atoms with Crippen LogP contribution in [0.15, 0.2) is 122 Å². The summed E-state index contributed by atoms with van der Waals surface area (Å²) in [4.78, 5) is 14.2. The summed E-state index contributed by atoms with van der Waals surface area (Å²) in [6.07, 6.45) is 7.56. The van der Waals surface area contributed by atoms with Crippen molar-refractivity contribution in [2.24, 2.45) is 0 Å². The van der Waals surface area contributed by atoms with Gasteiger partial charge in [0.2, 0.25) is 0 Å². The number of fused-ring (bicyclic) bond motifs is 6. The molecule has 0 amide bonds. The molecule has 0 aliphatic carbocycles. The first-order valence-electron chi connectivity index (χ1n) is 12.5. The third-order valence-corrected chi connectivity index (χ3v) is 8.31. The van der Waals surface area contributed by atoms with Crippen LogP contribution in [-0.2, 0) is 0 Å². The molecule has 3 aromatic carbocycles. The number of pyridine rings is 3. The molecule has 0 N–H and O–H groups in total. The number of hydrogen-bond acceptors (Lipinski definition) is 4. The zero-order valence-electron chi connectivity index (χ0n) is 20.2. The molecule has 178 valence electrons. The summed E-state index contributed by atoms with van der Waals surface area (Å²) in [6, 6.07) is 34.1. The minimum Gasteiger partial charge on any atom is -0.292 e. The SMILES string of the molecule is c1ccc(-c2cnc3c4cc5c(cc4n(-c4ccc(-c6cccnc6)cn4)c3c2)sc2ccccc25)cc1. The minimum absolute atomic E-state index is 0.866. The van der Waals surface area contributed by atoms with Crippen molar-refractivity contribution in [2.75, 3.05) is 0 Å². The van der Waals surface area contributed by atoms with Gasteiger partial charge in [0.1, 0.15) is 5.82 Å². The zero-order valence-corrected chi connectivity index (χ0v) is 21.1. The predicted molar refractivity (Wildman–Crippen MR) is 158 cm³/mol. The molecule has 0 unspecified atom stereocenters. The van der Waals surface area contributed by atoms with Crippen LogP contribution < -0.4 is 0 Å². The molecular formula is C33H20N4S. The Morgan fingerprint density at radius 2 is 1.34 bits per heavy atom. The second kappa shape index (κ2) is 8.33. The molecule has 0 fully saturated rings. The van der Waals surface area contributed by atoms with Gasteiger partial charge in [0.15, 0.2) is 0 Å². The molecule has 8 rings (SSSR count). The highest BCUT2D eigenvalue weighted by atomic mass is 32.1. The highest BCUT2D eigenvalue weighted by Crippen LogP contribution is 2.40. The Labute approximate surface area is 222 Å². The Morgan fingerprint density at radius 1 is 0.526 bits per heavy atom. The highest BCUT2D eigenvalue weighted by Gasteiger charge is 2.18. The van der Waals surface area contributed by atoms with E-state index < -0.39 is 0 Å². The van der Waals surface area contributed by atoms with Gasteiger partial charge in [-0.3, -0.25) is 14.5 Å². The van der Waals surface area contributed by atoms with Crippen molar-refractivity contribution in [3.8, 4) is 28.1 Å². The van der Waals surface area contributed by atoms with Gasteiger partial charge in [0.05, 0.1) is 16.6 Å². The lowest BCUT2D eigenvalue weighted by molar-refractivity contribution is 1.08. The van der Waals surface area contributed by atoms with Crippen molar-refractivity contribution in [3.63, 3.8) is 0 Å². The zero-order chi connectivity index (χ0) is 25.1. The van der Waals surface area contributed by atoms with Gasteiger partial charge in [-0.1, -0.05) is 54.6 Å². The lowest BCUT2D eigenvalue weighted by Crippen LogP contribution is -1.97. The van der Waals surface area contributed by atoms with Crippen LogP contribution in [-0.4, -0.2) is 19.5 Å². The van der Waals surface area contributed by atoms with Crippen molar-refractivity contribution < 1.29 is 0 Å². The predicted octanol–water partition coefficient (Wildman–Crippen LogP) is 8.67. The number of benzene rings is 3. The van der Waals surface area contributed by atoms with Gasteiger partial charge in [0, 0.05) is 67.0 Å². The topological polar surface area (TPSA) is 43.6 Å². The average molecular weight is 505 g/mol. The van der Waals surface area contributed by atoms with Gasteiger partial charge in [-0.2, -0.15) is 0 Å². The summed E-state index contributed by atoms with van der Waals surface area (Å²) < 4.78 is 4.81. The van der Waals surface area contributed by atoms with Crippen LogP contribution in [0.4, 0.5) is 0 Å². The van der Waals surface area contributed by atoms with Crippen LogP contribution in [0.2, 0.25) is 0 Å². The average Bonchev–Trinajstić information content (AvgIpc) is 3.51. The van der Waals surface area contributed by atoms with Crippen molar-refractivity contribution in [1.82, 2.24) is 19.5 Å². The molecule has 8 aromatic rings. The fraction of sp³-hybridized carbons (Fsp3) is 0. The van der Waals surface area contributed by atoms with Crippen LogP contribution in [0.5, 0.6) is 0 Å². The largest absolute Gasteiger partial charge is 0.292 e. The van der Waals surface area contributed by atoms with Crippen molar-refractivity contribution >= 4 is 53.4 Å². The Bertz CT molecular complexity index is 2110. The van der Waals surface area contributed by atoms with Crippen LogP contribution in [0, 0.1) is 0 Å². The number of nitrogens with zero attached hydrogens (tertiary/aromatic N) is 4. The van der Waals surface area contributed by atoms with E-state index >= 15 is 0 Å². The maximum atomic E-state index is 5.01. The summed E-state index contributed by atoms with van der Waals surface area (Å²) in [5.41, 5.74) is 7.46. The van der Waals surface area contributed by atoms with Gasteiger partial charge >= 0.3 is 0 Å². The van der Waals surface area contributed by atoms with E-state index in [0.717, 1.165) is 50.0 Å². The number of rotatable bonds is 3. The molecule has 4 nitrogen and oxygen atoms in total. The molecule has 0 atom stereocenters. The quantitative estimate of drug-likeness (QED) is 0.242. The third-order valence-electron chi connectivity index (χ3n) is 7.18. The van der Waals surface area contributed by atoms with Crippen molar-refractivity contribution in [1.29, 1.82) is 0 Å². The van der Waals surface area contributed by atoms with Gasteiger partial charge < -0.3 is 0 Å². The Hall–Kier alpha value is -4.87. The molecule has 0 spiro atoms. The monoisotopic (exact) mass is 504 g/mol. The first kappa shape index (κ1) is 21.2. The van der Waals surface area contributed by atoms with E-state index in [1.807, 2.05) is 42.1 Å². The molecule has 0 saturated carbocycles. The fourth-order valence-electron chi connectivity index (χ4n) is 5.35. The van der Waals surface area contributed by atoms with E-state index in [4.69, 9.17) is 9.97 Å². The molecule has 0 radical (unpaired) electrons. The summed E-state index contributed by atoms with van der Waals surface area (Å²) in [5, 5.41) is 3.69. The molecule has 0 bridgehead atoms. The minimum atomic E-state index is 0.866. The molecule has 0 aliphatic rings. The lowest BCUT2D eigenvalue weighted by Gasteiger charge is -2.09. The van der Waals surface area contributed by atoms with Crippen molar-refractivity contribution in [3.05, 3.63) is 122 Å². The Morgan fingerprint density at radius 3 is 2.18 bits per heavy atom. The van der Waals surface area contributed by atoms with E-state index in [1.165, 1.54) is 20.2 Å². The molecule has 5 aromatic heterocycles. The first-order chi connectivity index (χ1) is 18.8. The summed E-state index contributed by atoms with van der Waals surface area (Å²) in [6.45, 7) is 0. The normalized spacial score (nSPS) is 11.7. The van der Waals surface area contributed by atoms with E-state index in [9.17, 15) is 0 Å². The van der Waals surface area contributed by atoms with Crippen LogP contribution >= 0.6 is 11.3 Å². The molecule has 5 heterocycles. The van der Waals surface area contributed by atoms with E-state index in [1.54, 1.807) is 6.20 Å². The second-order valence-electron chi connectivity index (χ2n) is 9.40. The van der Waals surface area contributed by atoms with E-state index in [-0.39, 0.29) is 0 Å². The second-order valence-corrected chi connectivity index (χ2v) is 10.5.